The van der Waals surface area contributed by atoms with Crippen molar-refractivity contribution in [2.24, 2.45) is 12.8 Å². The van der Waals surface area contributed by atoms with E-state index in [1.54, 1.807) is 4.68 Å². The first-order valence-electron chi connectivity index (χ1n) is 7.25. The van der Waals surface area contributed by atoms with E-state index in [1.165, 1.54) is 0 Å². The Morgan fingerprint density at radius 1 is 1.29 bits per heavy atom. The van der Waals surface area contributed by atoms with Crippen LogP contribution in [0.25, 0.3) is 0 Å². The van der Waals surface area contributed by atoms with Crippen LogP contribution in [0.2, 0.25) is 5.02 Å². The van der Waals surface area contributed by atoms with Gasteiger partial charge in [-0.1, -0.05) is 37.6 Å². The summed E-state index contributed by atoms with van der Waals surface area (Å²) in [6.07, 6.45) is 1.74. The first-order chi connectivity index (χ1) is 10.1. The molecule has 0 radical (unpaired) electrons. The van der Waals surface area contributed by atoms with Crippen LogP contribution in [0.4, 0.5) is 0 Å². The Morgan fingerprint density at radius 3 is 2.48 bits per heavy atom. The SMILES string of the molecule is CCc1nn(C)c(COc2ccc(C(N)CC)cc2)c1Cl. The Bertz CT molecular complexity index is 592. The zero-order chi connectivity index (χ0) is 15.4. The number of aromatic nitrogens is 2. The second-order valence-electron chi connectivity index (χ2n) is 5.06. The molecular formula is C16H22ClN3O. The summed E-state index contributed by atoms with van der Waals surface area (Å²) in [6.45, 7) is 4.51. The van der Waals surface area contributed by atoms with E-state index in [2.05, 4.69) is 12.0 Å². The van der Waals surface area contributed by atoms with Gasteiger partial charge < -0.3 is 10.5 Å². The third kappa shape index (κ3) is 3.57. The van der Waals surface area contributed by atoms with Gasteiger partial charge in [0.25, 0.3) is 0 Å². The summed E-state index contributed by atoms with van der Waals surface area (Å²) in [7, 11) is 1.88. The van der Waals surface area contributed by atoms with E-state index in [4.69, 9.17) is 22.1 Å². The van der Waals surface area contributed by atoms with Gasteiger partial charge in [-0.3, -0.25) is 4.68 Å². The Labute approximate surface area is 130 Å². The van der Waals surface area contributed by atoms with Crippen LogP contribution in [0.3, 0.4) is 0 Å². The van der Waals surface area contributed by atoms with Gasteiger partial charge in [-0.2, -0.15) is 5.10 Å². The fourth-order valence-corrected chi connectivity index (χ4v) is 2.52. The van der Waals surface area contributed by atoms with Gasteiger partial charge in [-0.25, -0.2) is 0 Å². The molecule has 2 rings (SSSR count). The highest BCUT2D eigenvalue weighted by molar-refractivity contribution is 6.31. The van der Waals surface area contributed by atoms with Gasteiger partial charge in [0.15, 0.2) is 0 Å². The number of nitrogens with two attached hydrogens (primary N) is 1. The minimum Gasteiger partial charge on any atom is -0.487 e. The van der Waals surface area contributed by atoms with E-state index in [0.29, 0.717) is 11.6 Å². The minimum absolute atomic E-state index is 0.0812. The molecule has 0 fully saturated rings. The van der Waals surface area contributed by atoms with Gasteiger partial charge in [0.05, 0.1) is 16.4 Å². The van der Waals surface area contributed by atoms with Crippen LogP contribution >= 0.6 is 11.6 Å². The fraction of sp³-hybridized carbons (Fsp3) is 0.438. The maximum Gasteiger partial charge on any atom is 0.131 e. The predicted molar refractivity (Wildman–Crippen MR) is 85.6 cm³/mol. The lowest BCUT2D eigenvalue weighted by molar-refractivity contribution is 0.295. The monoisotopic (exact) mass is 307 g/mol. The number of hydrogen-bond acceptors (Lipinski definition) is 3. The number of rotatable bonds is 6. The Balaban J connectivity index is 2.05. The van der Waals surface area contributed by atoms with Crippen molar-refractivity contribution in [3.63, 3.8) is 0 Å². The maximum absolute atomic E-state index is 6.30. The smallest absolute Gasteiger partial charge is 0.131 e. The van der Waals surface area contributed by atoms with Crippen molar-refractivity contribution in [2.75, 3.05) is 0 Å². The topological polar surface area (TPSA) is 53.1 Å². The highest BCUT2D eigenvalue weighted by Gasteiger charge is 2.13. The van der Waals surface area contributed by atoms with Crippen molar-refractivity contribution >= 4 is 11.6 Å². The van der Waals surface area contributed by atoms with Crippen molar-refractivity contribution < 1.29 is 4.74 Å². The van der Waals surface area contributed by atoms with Crippen molar-refractivity contribution in [2.45, 2.75) is 39.3 Å². The lowest BCUT2D eigenvalue weighted by Gasteiger charge is -2.11. The molecule has 5 heteroatoms. The number of ether oxygens (including phenoxy) is 1. The molecule has 0 saturated carbocycles. The number of hydrogen-bond donors (Lipinski definition) is 1. The van der Waals surface area contributed by atoms with Gasteiger partial charge in [0.1, 0.15) is 12.4 Å². The van der Waals surface area contributed by atoms with Crippen molar-refractivity contribution in [3.05, 3.63) is 46.2 Å². The van der Waals surface area contributed by atoms with Crippen LogP contribution in [0.5, 0.6) is 5.75 Å². The van der Waals surface area contributed by atoms with Gasteiger partial charge in [-0.05, 0) is 30.5 Å². The van der Waals surface area contributed by atoms with E-state index in [9.17, 15) is 0 Å². The van der Waals surface area contributed by atoms with Crippen LogP contribution < -0.4 is 10.5 Å². The normalized spacial score (nSPS) is 12.4. The fourth-order valence-electron chi connectivity index (χ4n) is 2.18. The standard InChI is InChI=1S/C16H22ClN3O/c1-4-13(18)11-6-8-12(9-7-11)21-10-15-16(17)14(5-2)19-20(15)3/h6-9,13H,4-5,10,18H2,1-3H3. The molecule has 2 aromatic rings. The first-order valence-corrected chi connectivity index (χ1v) is 7.63. The summed E-state index contributed by atoms with van der Waals surface area (Å²) < 4.78 is 7.57. The second-order valence-corrected chi connectivity index (χ2v) is 5.43. The quantitative estimate of drug-likeness (QED) is 0.886. The summed E-state index contributed by atoms with van der Waals surface area (Å²) >= 11 is 6.30. The molecule has 1 heterocycles. The van der Waals surface area contributed by atoms with E-state index >= 15 is 0 Å². The predicted octanol–water partition coefficient (Wildman–Crippen LogP) is 3.62. The molecule has 0 aliphatic carbocycles. The molecule has 1 aromatic heterocycles. The highest BCUT2D eigenvalue weighted by Crippen LogP contribution is 2.23. The van der Waals surface area contributed by atoms with Crippen LogP contribution in [0, 0.1) is 0 Å². The molecule has 0 saturated heterocycles. The highest BCUT2D eigenvalue weighted by atomic mass is 35.5. The Morgan fingerprint density at radius 2 is 1.95 bits per heavy atom. The first kappa shape index (κ1) is 15.9. The molecule has 0 aliphatic rings. The van der Waals surface area contributed by atoms with Gasteiger partial charge >= 0.3 is 0 Å². The molecule has 1 unspecified atom stereocenters. The van der Waals surface area contributed by atoms with Crippen molar-refractivity contribution in [3.8, 4) is 5.75 Å². The van der Waals surface area contributed by atoms with Crippen LogP contribution in [0.15, 0.2) is 24.3 Å². The maximum atomic E-state index is 6.30. The van der Waals surface area contributed by atoms with E-state index in [-0.39, 0.29) is 6.04 Å². The number of benzene rings is 1. The average molecular weight is 308 g/mol. The molecular weight excluding hydrogens is 286 g/mol. The van der Waals surface area contributed by atoms with E-state index in [1.807, 2.05) is 38.2 Å². The molecule has 2 N–H and O–H groups in total. The largest absolute Gasteiger partial charge is 0.487 e. The zero-order valence-electron chi connectivity index (χ0n) is 12.8. The van der Waals surface area contributed by atoms with Crippen LogP contribution in [0.1, 0.15) is 43.3 Å². The lowest BCUT2D eigenvalue weighted by atomic mass is 10.1. The summed E-state index contributed by atoms with van der Waals surface area (Å²) in [5.74, 6) is 0.803. The van der Waals surface area contributed by atoms with Gasteiger partial charge in [0, 0.05) is 13.1 Å². The molecule has 21 heavy (non-hydrogen) atoms. The Hall–Kier alpha value is -1.52. The summed E-state index contributed by atoms with van der Waals surface area (Å²) in [4.78, 5) is 0. The van der Waals surface area contributed by atoms with Gasteiger partial charge in [0.2, 0.25) is 0 Å². The molecule has 1 aromatic carbocycles. The molecule has 0 bridgehead atoms. The summed E-state index contributed by atoms with van der Waals surface area (Å²) in [6, 6.07) is 7.97. The second kappa shape index (κ2) is 6.96. The van der Waals surface area contributed by atoms with Crippen molar-refractivity contribution in [1.29, 1.82) is 0 Å². The zero-order valence-corrected chi connectivity index (χ0v) is 13.5. The number of aryl methyl sites for hydroxylation is 2. The summed E-state index contributed by atoms with van der Waals surface area (Å²) in [5, 5.41) is 5.08. The summed E-state index contributed by atoms with van der Waals surface area (Å²) in [5.41, 5.74) is 8.92. The van der Waals surface area contributed by atoms with Crippen molar-refractivity contribution in [1.82, 2.24) is 9.78 Å². The Kier molecular flexibility index (Phi) is 5.26. The van der Waals surface area contributed by atoms with E-state index < -0.39 is 0 Å². The molecule has 0 aliphatic heterocycles. The molecule has 4 nitrogen and oxygen atoms in total. The number of halogens is 1. The van der Waals surface area contributed by atoms with Gasteiger partial charge in [-0.15, -0.1) is 0 Å². The lowest BCUT2D eigenvalue weighted by Crippen LogP contribution is -2.08. The van der Waals surface area contributed by atoms with Crippen LogP contribution in [-0.2, 0) is 20.1 Å². The molecule has 114 valence electrons. The average Bonchev–Trinajstić information content (AvgIpc) is 2.79. The van der Waals surface area contributed by atoms with E-state index in [0.717, 1.165) is 35.5 Å². The third-order valence-electron chi connectivity index (χ3n) is 3.63. The molecule has 1 atom stereocenters. The minimum atomic E-state index is 0.0812. The number of nitrogens with zero attached hydrogens (tertiary/aromatic N) is 2. The van der Waals surface area contributed by atoms with Crippen LogP contribution in [-0.4, -0.2) is 9.78 Å². The third-order valence-corrected chi connectivity index (χ3v) is 4.06. The molecule has 0 amide bonds. The molecule has 0 spiro atoms.